The van der Waals surface area contributed by atoms with Gasteiger partial charge in [-0.25, -0.2) is 9.59 Å². The van der Waals surface area contributed by atoms with E-state index in [9.17, 15) is 24.9 Å². The monoisotopic (exact) mass is 310 g/mol. The van der Waals surface area contributed by atoms with Gasteiger partial charge in [-0.1, -0.05) is 13.0 Å². The highest BCUT2D eigenvalue weighted by atomic mass is 16.6. The van der Waals surface area contributed by atoms with Crippen LogP contribution in [0.4, 0.5) is 0 Å². The maximum Gasteiger partial charge on any atom is 0.343 e. The van der Waals surface area contributed by atoms with Crippen molar-refractivity contribution in [1.82, 2.24) is 0 Å². The average molecular weight is 310 g/mol. The van der Waals surface area contributed by atoms with Crippen molar-refractivity contribution in [1.29, 1.82) is 0 Å². The number of carbonyl (C=O) groups excluding carboxylic acids is 2. The largest absolute Gasteiger partial charge is 0.462 e. The number of fused-ring (bicyclic) bond motifs is 4. The van der Waals surface area contributed by atoms with E-state index >= 15 is 0 Å². The molecule has 0 amide bonds. The lowest BCUT2D eigenvalue weighted by Gasteiger charge is -2.58. The Labute approximate surface area is 126 Å². The Morgan fingerprint density at radius 3 is 2.68 bits per heavy atom. The maximum atomic E-state index is 12.2. The van der Waals surface area contributed by atoms with Crippen LogP contribution in [-0.4, -0.2) is 57.8 Å². The first-order chi connectivity index (χ1) is 10.2. The molecule has 0 aromatic carbocycles. The molecule has 5 unspecified atom stereocenters. The highest BCUT2D eigenvalue weighted by molar-refractivity contribution is 5.88. The van der Waals surface area contributed by atoms with Crippen molar-refractivity contribution < 1.29 is 34.4 Å². The van der Waals surface area contributed by atoms with Crippen molar-refractivity contribution in [3.63, 3.8) is 0 Å². The molecule has 4 aliphatic rings. The number of cyclic esters (lactones) is 1. The smallest absolute Gasteiger partial charge is 0.343 e. The number of ether oxygens (including phenoxy) is 2. The minimum atomic E-state index is -1.98. The van der Waals surface area contributed by atoms with Crippen LogP contribution in [0.15, 0.2) is 11.6 Å². The molecule has 3 N–H and O–H groups in total. The SMILES string of the molecule is CC1C(O)C=C2C13CC(OC(=O)C3O)[C@@]1(O)C(=O)OC[C@@]21C. The van der Waals surface area contributed by atoms with Crippen LogP contribution >= 0.6 is 0 Å². The Morgan fingerprint density at radius 2 is 2.00 bits per heavy atom. The standard InChI is InChI=1S/C15H18O7/c1-6-7(16)3-8-13(2)5-21-12(19)15(13,20)9-4-14(6,8)10(17)11(18)22-9/h3,6-7,9-10,16-17,20H,4-5H2,1-2H3/t6?,7?,9?,10?,13-,14?,15+/m0/s1. The van der Waals surface area contributed by atoms with Gasteiger partial charge in [-0.15, -0.1) is 0 Å². The molecule has 4 rings (SSSR count). The van der Waals surface area contributed by atoms with E-state index in [1.807, 2.05) is 0 Å². The number of esters is 2. The number of carbonyl (C=O) groups is 2. The summed E-state index contributed by atoms with van der Waals surface area (Å²) in [4.78, 5) is 24.3. The third-order valence-electron chi connectivity index (χ3n) is 6.36. The van der Waals surface area contributed by atoms with Gasteiger partial charge in [0.2, 0.25) is 5.60 Å². The summed E-state index contributed by atoms with van der Waals surface area (Å²) >= 11 is 0. The van der Waals surface area contributed by atoms with Gasteiger partial charge >= 0.3 is 11.9 Å². The van der Waals surface area contributed by atoms with Gasteiger partial charge in [-0.05, 0) is 18.4 Å². The van der Waals surface area contributed by atoms with Gasteiger partial charge in [0.15, 0.2) is 6.10 Å². The van der Waals surface area contributed by atoms with Crippen LogP contribution in [0.5, 0.6) is 0 Å². The molecule has 22 heavy (non-hydrogen) atoms. The predicted octanol–water partition coefficient (Wildman–Crippen LogP) is -1.11. The van der Waals surface area contributed by atoms with Gasteiger partial charge < -0.3 is 24.8 Å². The van der Waals surface area contributed by atoms with Crippen LogP contribution in [0, 0.1) is 16.7 Å². The normalized spacial score (nSPS) is 56.0. The Morgan fingerprint density at radius 1 is 1.32 bits per heavy atom. The van der Waals surface area contributed by atoms with Crippen LogP contribution in [0.3, 0.4) is 0 Å². The van der Waals surface area contributed by atoms with Crippen LogP contribution in [0.2, 0.25) is 0 Å². The molecular formula is C15H18O7. The van der Waals surface area contributed by atoms with E-state index in [0.29, 0.717) is 5.57 Å². The zero-order valence-corrected chi connectivity index (χ0v) is 12.3. The van der Waals surface area contributed by atoms with Crippen LogP contribution in [0.25, 0.3) is 0 Å². The van der Waals surface area contributed by atoms with E-state index < -0.39 is 52.6 Å². The molecule has 2 aliphatic carbocycles. The number of rotatable bonds is 0. The fourth-order valence-electron chi connectivity index (χ4n) is 4.94. The van der Waals surface area contributed by atoms with Crippen LogP contribution < -0.4 is 0 Å². The molecule has 1 saturated carbocycles. The second-order valence-corrected chi connectivity index (χ2v) is 7.11. The zero-order valence-electron chi connectivity index (χ0n) is 12.3. The summed E-state index contributed by atoms with van der Waals surface area (Å²) in [7, 11) is 0. The van der Waals surface area contributed by atoms with E-state index in [0.717, 1.165) is 0 Å². The Kier molecular flexibility index (Phi) is 2.40. The van der Waals surface area contributed by atoms with E-state index in [-0.39, 0.29) is 13.0 Å². The lowest BCUT2D eigenvalue weighted by molar-refractivity contribution is -0.234. The van der Waals surface area contributed by atoms with Gasteiger partial charge in [0.25, 0.3) is 0 Å². The van der Waals surface area contributed by atoms with Crippen LogP contribution in [0.1, 0.15) is 20.3 Å². The fourth-order valence-corrected chi connectivity index (χ4v) is 4.94. The summed E-state index contributed by atoms with van der Waals surface area (Å²) in [6.45, 7) is 3.33. The van der Waals surface area contributed by atoms with E-state index in [2.05, 4.69) is 0 Å². The predicted molar refractivity (Wildman–Crippen MR) is 70.2 cm³/mol. The molecule has 0 radical (unpaired) electrons. The molecular weight excluding hydrogens is 292 g/mol. The Hall–Kier alpha value is -1.44. The van der Waals surface area contributed by atoms with E-state index in [1.54, 1.807) is 19.9 Å². The molecule has 0 aromatic heterocycles. The summed E-state index contributed by atoms with van der Waals surface area (Å²) in [5.41, 5.74) is -3.63. The lowest BCUT2D eigenvalue weighted by atomic mass is 9.49. The van der Waals surface area contributed by atoms with Crippen molar-refractivity contribution >= 4 is 11.9 Å². The van der Waals surface area contributed by atoms with Crippen LogP contribution in [-0.2, 0) is 19.1 Å². The number of aliphatic hydroxyl groups is 3. The lowest BCUT2D eigenvalue weighted by Crippen LogP contribution is -2.71. The highest BCUT2D eigenvalue weighted by Crippen LogP contribution is 2.67. The van der Waals surface area contributed by atoms with Gasteiger partial charge in [0, 0.05) is 11.8 Å². The van der Waals surface area contributed by atoms with E-state index in [4.69, 9.17) is 9.47 Å². The molecule has 1 spiro atoms. The summed E-state index contributed by atoms with van der Waals surface area (Å²) in [6, 6.07) is 0. The highest BCUT2D eigenvalue weighted by Gasteiger charge is 2.78. The molecule has 0 aromatic rings. The van der Waals surface area contributed by atoms with Crippen molar-refractivity contribution in [2.75, 3.05) is 6.61 Å². The van der Waals surface area contributed by atoms with Crippen molar-refractivity contribution in [2.45, 2.75) is 44.2 Å². The maximum absolute atomic E-state index is 12.2. The summed E-state index contributed by atoms with van der Waals surface area (Å²) in [5, 5.41) is 31.8. The second kappa shape index (κ2) is 3.72. The molecule has 7 heteroatoms. The Bertz CT molecular complexity index is 627. The third-order valence-corrected chi connectivity index (χ3v) is 6.36. The van der Waals surface area contributed by atoms with Gasteiger partial charge in [-0.3, -0.25) is 0 Å². The number of hydrogen-bond donors (Lipinski definition) is 3. The van der Waals surface area contributed by atoms with Crippen molar-refractivity contribution in [3.05, 3.63) is 11.6 Å². The molecule has 2 aliphatic heterocycles. The molecule has 120 valence electrons. The third kappa shape index (κ3) is 1.15. The number of aliphatic hydroxyl groups excluding tert-OH is 2. The van der Waals surface area contributed by atoms with Gasteiger partial charge in [0.05, 0.1) is 11.5 Å². The molecule has 2 bridgehead atoms. The molecule has 2 saturated heterocycles. The fraction of sp³-hybridized carbons (Fsp3) is 0.733. The zero-order chi connectivity index (χ0) is 16.1. The van der Waals surface area contributed by atoms with Gasteiger partial charge in [0.1, 0.15) is 12.7 Å². The summed E-state index contributed by atoms with van der Waals surface area (Å²) in [5.74, 6) is -2.13. The minimum Gasteiger partial charge on any atom is -0.462 e. The first-order valence-electron chi connectivity index (χ1n) is 7.38. The molecule has 7 atom stereocenters. The topological polar surface area (TPSA) is 113 Å². The quantitative estimate of drug-likeness (QED) is 0.384. The van der Waals surface area contributed by atoms with Gasteiger partial charge in [-0.2, -0.15) is 0 Å². The first-order valence-corrected chi connectivity index (χ1v) is 7.38. The first kappa shape index (κ1) is 14.2. The minimum absolute atomic E-state index is 0.0733. The summed E-state index contributed by atoms with van der Waals surface area (Å²) in [6.07, 6.45) is -1.75. The second-order valence-electron chi connectivity index (χ2n) is 7.11. The average Bonchev–Trinajstić information content (AvgIpc) is 2.87. The molecule has 3 fully saturated rings. The summed E-state index contributed by atoms with van der Waals surface area (Å²) < 4.78 is 10.2. The van der Waals surface area contributed by atoms with Crippen molar-refractivity contribution in [3.8, 4) is 0 Å². The van der Waals surface area contributed by atoms with E-state index in [1.165, 1.54) is 0 Å². The number of hydrogen-bond acceptors (Lipinski definition) is 7. The molecule has 7 nitrogen and oxygen atoms in total. The Balaban J connectivity index is 2.00. The molecule has 2 heterocycles. The van der Waals surface area contributed by atoms with Crippen molar-refractivity contribution in [2.24, 2.45) is 16.7 Å².